The van der Waals surface area contributed by atoms with Crippen LogP contribution in [0, 0.1) is 11.8 Å². The lowest BCUT2D eigenvalue weighted by atomic mass is 9.81. The number of rotatable bonds is 5. The van der Waals surface area contributed by atoms with Crippen LogP contribution in [0.3, 0.4) is 0 Å². The Kier molecular flexibility index (Phi) is 5.21. The fourth-order valence-corrected chi connectivity index (χ4v) is 4.63. The average molecular weight is 338 g/mol. The van der Waals surface area contributed by atoms with Crippen molar-refractivity contribution >= 4 is 6.34 Å². The molecule has 3 unspecified atom stereocenters. The third-order valence-electron chi connectivity index (χ3n) is 6.18. The maximum absolute atomic E-state index is 4.48. The predicted octanol–water partition coefficient (Wildman–Crippen LogP) is 3.91. The number of nitrogens with zero attached hydrogens (tertiary/aromatic N) is 1. The quantitative estimate of drug-likeness (QED) is 0.798. The first-order chi connectivity index (χ1) is 12.3. The van der Waals surface area contributed by atoms with Gasteiger partial charge >= 0.3 is 0 Å². The molecule has 3 atom stereocenters. The van der Waals surface area contributed by atoms with Gasteiger partial charge in [-0.25, -0.2) is 0 Å². The molecule has 4 aliphatic rings. The lowest BCUT2D eigenvalue weighted by Crippen LogP contribution is -2.32. The molecule has 0 saturated heterocycles. The van der Waals surface area contributed by atoms with E-state index < -0.39 is 0 Å². The summed E-state index contributed by atoms with van der Waals surface area (Å²) in [5.41, 5.74) is 4.32. The van der Waals surface area contributed by atoms with E-state index in [1.807, 2.05) is 6.34 Å². The van der Waals surface area contributed by atoms with E-state index in [0.29, 0.717) is 18.0 Å². The summed E-state index contributed by atoms with van der Waals surface area (Å²) < 4.78 is 0. The number of hydrogen-bond acceptors (Lipinski definition) is 3. The molecule has 0 spiro atoms. The molecule has 0 radical (unpaired) electrons. The standard InChI is InChI=1S/C22H31N3/c1-16-11-21-22(25-15-24-21)12-20(16)19-9-7-18(8-10-19)14-23-13-17-5-3-2-4-6-17/h7-9,11-12,15,17,19,21-23H,2-6,10,13-14H2,1H3,(H,24,25). The number of nitrogens with one attached hydrogen (secondary N) is 2. The van der Waals surface area contributed by atoms with Gasteiger partial charge < -0.3 is 10.6 Å². The van der Waals surface area contributed by atoms with Gasteiger partial charge in [-0.05, 0) is 55.4 Å². The highest BCUT2D eigenvalue weighted by molar-refractivity contribution is 5.62. The lowest BCUT2D eigenvalue weighted by molar-refractivity contribution is 0.346. The molecule has 0 aromatic rings. The van der Waals surface area contributed by atoms with Crippen molar-refractivity contribution in [3.63, 3.8) is 0 Å². The van der Waals surface area contributed by atoms with Crippen LogP contribution in [0.25, 0.3) is 0 Å². The fraction of sp³-hybridized carbons (Fsp3) is 0.591. The lowest BCUT2D eigenvalue weighted by Gasteiger charge is -2.27. The summed E-state index contributed by atoms with van der Waals surface area (Å²) >= 11 is 0. The molecule has 25 heavy (non-hydrogen) atoms. The number of aliphatic imine (C=N–C) groups is 1. The van der Waals surface area contributed by atoms with Crippen molar-refractivity contribution in [2.45, 2.75) is 57.5 Å². The first kappa shape index (κ1) is 16.8. The van der Waals surface area contributed by atoms with Gasteiger partial charge in [-0.2, -0.15) is 0 Å². The molecule has 1 aliphatic heterocycles. The first-order valence-corrected chi connectivity index (χ1v) is 10.1. The van der Waals surface area contributed by atoms with Crippen LogP contribution in [0.15, 0.2) is 52.1 Å². The second-order valence-corrected chi connectivity index (χ2v) is 8.05. The number of hydrogen-bond donors (Lipinski definition) is 2. The summed E-state index contributed by atoms with van der Waals surface area (Å²) in [4.78, 5) is 4.48. The van der Waals surface area contributed by atoms with Crippen molar-refractivity contribution in [2.24, 2.45) is 16.8 Å². The summed E-state index contributed by atoms with van der Waals surface area (Å²) in [7, 11) is 0. The van der Waals surface area contributed by atoms with E-state index in [2.05, 4.69) is 52.9 Å². The van der Waals surface area contributed by atoms with Crippen LogP contribution in [0.4, 0.5) is 0 Å². The van der Waals surface area contributed by atoms with Gasteiger partial charge in [0.15, 0.2) is 0 Å². The number of fused-ring (bicyclic) bond motifs is 1. The summed E-state index contributed by atoms with van der Waals surface area (Å²) in [5, 5.41) is 7.04. The zero-order valence-corrected chi connectivity index (χ0v) is 15.4. The Balaban J connectivity index is 1.27. The molecule has 2 N–H and O–H groups in total. The van der Waals surface area contributed by atoms with Crippen LogP contribution >= 0.6 is 0 Å². The normalized spacial score (nSPS) is 31.9. The smallest absolute Gasteiger partial charge is 0.0940 e. The SMILES string of the molecule is CC1=CC2N=CNC2C=C1C1C=CC(CNCC2CCCCC2)=CC1. The second-order valence-electron chi connectivity index (χ2n) is 8.05. The molecule has 3 nitrogen and oxygen atoms in total. The zero-order valence-electron chi connectivity index (χ0n) is 15.4. The van der Waals surface area contributed by atoms with E-state index in [-0.39, 0.29) is 0 Å². The van der Waals surface area contributed by atoms with Crippen LogP contribution in [-0.4, -0.2) is 31.5 Å². The van der Waals surface area contributed by atoms with Crippen molar-refractivity contribution < 1.29 is 0 Å². The Morgan fingerprint density at radius 2 is 2.08 bits per heavy atom. The van der Waals surface area contributed by atoms with Crippen molar-refractivity contribution in [3.05, 3.63) is 47.1 Å². The maximum atomic E-state index is 4.48. The summed E-state index contributed by atoms with van der Waals surface area (Å²) in [6, 6.07) is 0.654. The van der Waals surface area contributed by atoms with Crippen LogP contribution in [0.5, 0.6) is 0 Å². The van der Waals surface area contributed by atoms with E-state index >= 15 is 0 Å². The van der Waals surface area contributed by atoms with Gasteiger partial charge in [-0.3, -0.25) is 4.99 Å². The summed E-state index contributed by atoms with van der Waals surface area (Å²) in [6.45, 7) is 4.44. The van der Waals surface area contributed by atoms with Gasteiger partial charge in [-0.1, -0.05) is 49.6 Å². The van der Waals surface area contributed by atoms with Crippen molar-refractivity contribution in [1.82, 2.24) is 10.6 Å². The molecule has 0 aromatic carbocycles. The van der Waals surface area contributed by atoms with Crippen molar-refractivity contribution in [1.29, 1.82) is 0 Å². The molecule has 0 bridgehead atoms. The molecule has 1 heterocycles. The topological polar surface area (TPSA) is 36.4 Å². The Bertz CT molecular complexity index is 632. The minimum Gasteiger partial charge on any atom is -0.368 e. The minimum absolute atomic E-state index is 0.298. The number of allylic oxidation sites excluding steroid dienone is 4. The first-order valence-electron chi connectivity index (χ1n) is 10.1. The van der Waals surface area contributed by atoms with Crippen molar-refractivity contribution in [3.8, 4) is 0 Å². The molecule has 0 amide bonds. The molecular formula is C22H31N3. The third-order valence-corrected chi connectivity index (χ3v) is 6.18. The van der Waals surface area contributed by atoms with Crippen LogP contribution in [-0.2, 0) is 0 Å². The largest absolute Gasteiger partial charge is 0.368 e. The third kappa shape index (κ3) is 3.98. The van der Waals surface area contributed by atoms with Gasteiger partial charge in [-0.15, -0.1) is 0 Å². The highest BCUT2D eigenvalue weighted by Gasteiger charge is 2.27. The summed E-state index contributed by atoms with van der Waals surface area (Å²) in [6.07, 6.45) is 22.0. The highest BCUT2D eigenvalue weighted by Crippen LogP contribution is 2.33. The molecular weight excluding hydrogens is 306 g/mol. The van der Waals surface area contributed by atoms with Gasteiger partial charge in [0.05, 0.1) is 18.4 Å². The second kappa shape index (κ2) is 7.74. The Morgan fingerprint density at radius 3 is 2.88 bits per heavy atom. The van der Waals surface area contributed by atoms with Crippen LogP contribution < -0.4 is 10.6 Å². The molecule has 134 valence electrons. The fourth-order valence-electron chi connectivity index (χ4n) is 4.63. The van der Waals surface area contributed by atoms with Crippen LogP contribution in [0.1, 0.15) is 45.4 Å². The van der Waals surface area contributed by atoms with E-state index in [1.165, 1.54) is 55.4 Å². The van der Waals surface area contributed by atoms with Crippen LogP contribution in [0.2, 0.25) is 0 Å². The predicted molar refractivity (Wildman–Crippen MR) is 106 cm³/mol. The monoisotopic (exact) mass is 337 g/mol. The molecule has 3 heteroatoms. The van der Waals surface area contributed by atoms with E-state index in [1.54, 1.807) is 0 Å². The molecule has 3 aliphatic carbocycles. The zero-order chi connectivity index (χ0) is 17.1. The average Bonchev–Trinajstić information content (AvgIpc) is 3.10. The van der Waals surface area contributed by atoms with Gasteiger partial charge in [0, 0.05) is 12.5 Å². The van der Waals surface area contributed by atoms with Gasteiger partial charge in [0.25, 0.3) is 0 Å². The van der Waals surface area contributed by atoms with E-state index in [9.17, 15) is 0 Å². The van der Waals surface area contributed by atoms with Gasteiger partial charge in [0.2, 0.25) is 0 Å². The van der Waals surface area contributed by atoms with E-state index in [0.717, 1.165) is 18.9 Å². The molecule has 1 fully saturated rings. The summed E-state index contributed by atoms with van der Waals surface area (Å²) in [5.74, 6) is 1.42. The minimum atomic E-state index is 0.298. The Labute approximate surface area is 152 Å². The van der Waals surface area contributed by atoms with Gasteiger partial charge in [0.1, 0.15) is 0 Å². The molecule has 1 saturated carbocycles. The maximum Gasteiger partial charge on any atom is 0.0940 e. The van der Waals surface area contributed by atoms with E-state index in [4.69, 9.17) is 0 Å². The Hall–Kier alpha value is -1.61. The molecule has 4 rings (SSSR count). The molecule has 0 aromatic heterocycles. The van der Waals surface area contributed by atoms with Crippen molar-refractivity contribution in [2.75, 3.05) is 13.1 Å². The Morgan fingerprint density at radius 1 is 1.20 bits per heavy atom. The highest BCUT2D eigenvalue weighted by atomic mass is 15.1.